The maximum absolute atomic E-state index is 12.8. The summed E-state index contributed by atoms with van der Waals surface area (Å²) in [6.45, 7) is 5.44. The molecule has 2 aromatic rings. The van der Waals surface area contributed by atoms with Crippen molar-refractivity contribution in [2.45, 2.75) is 44.9 Å². The molecule has 5 heteroatoms. The smallest absolute Gasteiger partial charge is 0.416 e. The van der Waals surface area contributed by atoms with Crippen LogP contribution in [-0.4, -0.2) is 35.0 Å². The average Bonchev–Trinajstić information content (AvgIpc) is 2.66. The molecule has 1 N–H and O–H groups in total. The fourth-order valence-electron chi connectivity index (χ4n) is 3.29. The number of carbonyl (C=O) groups is 1. The number of nitrogens with zero attached hydrogens (tertiary/aromatic N) is 1. The van der Waals surface area contributed by atoms with E-state index in [2.05, 4.69) is 0 Å². The van der Waals surface area contributed by atoms with E-state index < -0.39 is 17.9 Å². The molecule has 1 aliphatic heterocycles. The minimum absolute atomic E-state index is 0.0326. The van der Waals surface area contributed by atoms with Gasteiger partial charge in [0.25, 0.3) is 0 Å². The lowest BCUT2D eigenvalue weighted by Crippen LogP contribution is -2.44. The molecule has 0 fully saturated rings. The molecular formula is C23H27NO4. The predicted octanol–water partition coefficient (Wildman–Crippen LogP) is 4.78. The van der Waals surface area contributed by atoms with E-state index in [4.69, 9.17) is 9.47 Å². The topological polar surface area (TPSA) is 59.0 Å². The molecule has 2 atom stereocenters. The van der Waals surface area contributed by atoms with Gasteiger partial charge in [0.1, 0.15) is 17.6 Å². The monoisotopic (exact) mass is 381 g/mol. The van der Waals surface area contributed by atoms with Gasteiger partial charge in [-0.1, -0.05) is 48.5 Å². The maximum Gasteiger partial charge on any atom is 0.416 e. The van der Waals surface area contributed by atoms with Crippen LogP contribution in [0.15, 0.2) is 60.7 Å². The molecule has 0 aromatic heterocycles. The van der Waals surface area contributed by atoms with Gasteiger partial charge in [-0.25, -0.2) is 4.79 Å². The molecule has 0 bridgehead atoms. The lowest BCUT2D eigenvalue weighted by atomic mass is 9.89. The number of allylic oxidation sites excluding steroid dienone is 1. The number of ether oxygens (including phenoxy) is 2. The summed E-state index contributed by atoms with van der Waals surface area (Å²) < 4.78 is 10.8. The van der Waals surface area contributed by atoms with E-state index in [-0.39, 0.29) is 5.92 Å². The van der Waals surface area contributed by atoms with Gasteiger partial charge in [0.2, 0.25) is 0 Å². The first kappa shape index (κ1) is 20.0. The molecule has 28 heavy (non-hydrogen) atoms. The summed E-state index contributed by atoms with van der Waals surface area (Å²) >= 11 is 0. The zero-order chi connectivity index (χ0) is 20.3. The number of amides is 1. The average molecular weight is 381 g/mol. The second kappa shape index (κ2) is 8.07. The van der Waals surface area contributed by atoms with Crippen LogP contribution in [0.1, 0.15) is 44.2 Å². The second-order valence-electron chi connectivity index (χ2n) is 7.86. The second-order valence-corrected chi connectivity index (χ2v) is 7.86. The Hall–Kier alpha value is -2.79. The first-order valence-corrected chi connectivity index (χ1v) is 9.40. The molecule has 148 valence electrons. The molecule has 0 spiro atoms. The van der Waals surface area contributed by atoms with Crippen LogP contribution in [-0.2, 0) is 4.74 Å². The SMILES string of the molecule is COc1ccc([C@H]2C=C(c3ccccc3)N(C(=O)OC(C)(C)C)[C@H](O)C2)cc1. The van der Waals surface area contributed by atoms with Gasteiger partial charge in [-0.3, -0.25) is 4.90 Å². The van der Waals surface area contributed by atoms with Crippen molar-refractivity contribution in [1.29, 1.82) is 0 Å². The molecule has 1 amide bonds. The molecule has 1 heterocycles. The molecule has 5 nitrogen and oxygen atoms in total. The van der Waals surface area contributed by atoms with Crippen LogP contribution in [0.5, 0.6) is 5.75 Å². The molecule has 0 radical (unpaired) electrons. The van der Waals surface area contributed by atoms with Crippen molar-refractivity contribution in [3.05, 3.63) is 71.8 Å². The summed E-state index contributed by atoms with van der Waals surface area (Å²) in [6, 6.07) is 17.4. The Morgan fingerprint density at radius 3 is 2.29 bits per heavy atom. The van der Waals surface area contributed by atoms with Crippen molar-refractivity contribution in [1.82, 2.24) is 4.90 Å². The number of aliphatic hydroxyl groups is 1. The maximum atomic E-state index is 12.8. The van der Waals surface area contributed by atoms with Crippen molar-refractivity contribution in [2.24, 2.45) is 0 Å². The summed E-state index contributed by atoms with van der Waals surface area (Å²) in [5, 5.41) is 10.9. The number of aliphatic hydroxyl groups excluding tert-OH is 1. The standard InChI is InChI=1S/C23H27NO4/c1-23(2,3)28-22(26)24-20(17-8-6-5-7-9-17)14-18(15-21(24)25)16-10-12-19(27-4)13-11-16/h5-14,18,21,25H,15H2,1-4H3/t18-,21+/m0/s1. The summed E-state index contributed by atoms with van der Waals surface area (Å²) in [4.78, 5) is 14.2. The van der Waals surface area contributed by atoms with Crippen LogP contribution < -0.4 is 4.74 Å². The Morgan fingerprint density at radius 2 is 1.71 bits per heavy atom. The van der Waals surface area contributed by atoms with Crippen molar-refractivity contribution in [3.63, 3.8) is 0 Å². The van der Waals surface area contributed by atoms with Crippen LogP contribution in [0.2, 0.25) is 0 Å². The molecule has 0 saturated carbocycles. The van der Waals surface area contributed by atoms with E-state index in [0.29, 0.717) is 12.1 Å². The quantitative estimate of drug-likeness (QED) is 0.831. The van der Waals surface area contributed by atoms with Crippen LogP contribution in [0.25, 0.3) is 5.70 Å². The van der Waals surface area contributed by atoms with Gasteiger partial charge < -0.3 is 14.6 Å². The number of rotatable bonds is 3. The Bertz CT molecular complexity index is 837. The van der Waals surface area contributed by atoms with E-state index >= 15 is 0 Å². The van der Waals surface area contributed by atoms with Crippen molar-refractivity contribution >= 4 is 11.8 Å². The number of hydrogen-bond acceptors (Lipinski definition) is 4. The minimum Gasteiger partial charge on any atom is -0.497 e. The molecule has 1 aliphatic rings. The molecule has 0 aliphatic carbocycles. The number of carbonyl (C=O) groups excluding carboxylic acids is 1. The van der Waals surface area contributed by atoms with Gasteiger partial charge in [0.15, 0.2) is 0 Å². The largest absolute Gasteiger partial charge is 0.497 e. The molecule has 3 rings (SSSR count). The third kappa shape index (κ3) is 4.54. The molecule has 2 aromatic carbocycles. The first-order valence-electron chi connectivity index (χ1n) is 9.40. The van der Waals surface area contributed by atoms with Crippen LogP contribution in [0.3, 0.4) is 0 Å². The molecule has 0 unspecified atom stereocenters. The van der Waals surface area contributed by atoms with E-state index in [1.165, 1.54) is 4.90 Å². The lowest BCUT2D eigenvalue weighted by molar-refractivity contribution is -0.0134. The Morgan fingerprint density at radius 1 is 1.07 bits per heavy atom. The lowest BCUT2D eigenvalue weighted by Gasteiger charge is -2.37. The van der Waals surface area contributed by atoms with Crippen molar-refractivity contribution in [3.8, 4) is 5.75 Å². The summed E-state index contributed by atoms with van der Waals surface area (Å²) in [5.74, 6) is 0.748. The normalized spacial score (nSPS) is 19.8. The van der Waals surface area contributed by atoms with E-state index in [1.807, 2.05) is 81.4 Å². The minimum atomic E-state index is -0.984. The van der Waals surface area contributed by atoms with E-state index in [1.54, 1.807) is 7.11 Å². The highest BCUT2D eigenvalue weighted by molar-refractivity contribution is 5.83. The van der Waals surface area contributed by atoms with Gasteiger partial charge in [-0.2, -0.15) is 0 Å². The third-order valence-electron chi connectivity index (χ3n) is 4.59. The predicted molar refractivity (Wildman–Crippen MR) is 109 cm³/mol. The number of hydrogen-bond donors (Lipinski definition) is 1. The van der Waals surface area contributed by atoms with E-state index in [0.717, 1.165) is 16.9 Å². The summed E-state index contributed by atoms with van der Waals surface area (Å²) in [7, 11) is 1.63. The molecule has 0 saturated heterocycles. The van der Waals surface area contributed by atoms with Gasteiger partial charge in [0.05, 0.1) is 12.8 Å². The zero-order valence-electron chi connectivity index (χ0n) is 16.8. The van der Waals surface area contributed by atoms with Gasteiger partial charge in [-0.15, -0.1) is 0 Å². The zero-order valence-corrected chi connectivity index (χ0v) is 16.8. The first-order chi connectivity index (χ1) is 13.3. The van der Waals surface area contributed by atoms with Gasteiger partial charge >= 0.3 is 6.09 Å². The molecular weight excluding hydrogens is 354 g/mol. The Kier molecular flexibility index (Phi) is 5.75. The highest BCUT2D eigenvalue weighted by Crippen LogP contribution is 2.37. The number of benzene rings is 2. The Balaban J connectivity index is 2.00. The number of methoxy groups -OCH3 is 1. The Labute approximate surface area is 166 Å². The van der Waals surface area contributed by atoms with Crippen LogP contribution in [0.4, 0.5) is 4.79 Å². The summed E-state index contributed by atoms with van der Waals surface area (Å²) in [5.41, 5.74) is 1.91. The highest BCUT2D eigenvalue weighted by atomic mass is 16.6. The van der Waals surface area contributed by atoms with Gasteiger partial charge in [-0.05, 0) is 44.0 Å². The van der Waals surface area contributed by atoms with Crippen molar-refractivity contribution < 1.29 is 19.4 Å². The summed E-state index contributed by atoms with van der Waals surface area (Å²) in [6.07, 6.45) is 0.876. The van der Waals surface area contributed by atoms with Gasteiger partial charge in [0, 0.05) is 12.3 Å². The van der Waals surface area contributed by atoms with E-state index in [9.17, 15) is 9.90 Å². The van der Waals surface area contributed by atoms with Crippen LogP contribution in [0, 0.1) is 0 Å². The fraction of sp³-hybridized carbons (Fsp3) is 0.348. The van der Waals surface area contributed by atoms with Crippen LogP contribution >= 0.6 is 0 Å². The van der Waals surface area contributed by atoms with Crippen molar-refractivity contribution in [2.75, 3.05) is 7.11 Å². The third-order valence-corrected chi connectivity index (χ3v) is 4.59. The fourth-order valence-corrected chi connectivity index (χ4v) is 3.29. The highest BCUT2D eigenvalue weighted by Gasteiger charge is 2.36.